The number of methoxy groups -OCH3 is 1. The van der Waals surface area contributed by atoms with E-state index in [4.69, 9.17) is 0 Å². The maximum absolute atomic E-state index is 11.2. The van der Waals surface area contributed by atoms with Crippen molar-refractivity contribution in [1.29, 1.82) is 0 Å². The van der Waals surface area contributed by atoms with Gasteiger partial charge in [0.2, 0.25) is 5.91 Å². The topological polar surface area (TPSA) is 55.4 Å². The van der Waals surface area contributed by atoms with Gasteiger partial charge in [0.15, 0.2) is 0 Å². The zero-order valence-electron chi connectivity index (χ0n) is 7.13. The Balaban J connectivity index is 2.59. The minimum absolute atomic E-state index is 0.195. The molecule has 4 nitrogen and oxygen atoms in total. The summed E-state index contributed by atoms with van der Waals surface area (Å²) in [5, 5.41) is 2.67. The molecule has 1 aliphatic rings. The third-order valence-corrected chi connectivity index (χ3v) is 2.02. The van der Waals surface area contributed by atoms with E-state index < -0.39 is 11.9 Å². The number of ether oxygens (including phenoxy) is 1. The maximum atomic E-state index is 11.2. The predicted octanol–water partition coefficient (Wildman–Crippen LogP) is 0.0757. The summed E-state index contributed by atoms with van der Waals surface area (Å²) in [4.78, 5) is 22.2. The fourth-order valence-corrected chi connectivity index (χ4v) is 1.31. The van der Waals surface area contributed by atoms with Crippen LogP contribution < -0.4 is 5.32 Å². The quantitative estimate of drug-likeness (QED) is 0.449. The normalized spacial score (nSPS) is 24.1. The number of esters is 1. The zero-order valence-corrected chi connectivity index (χ0v) is 7.13. The third-order valence-electron chi connectivity index (χ3n) is 2.02. The second-order valence-corrected chi connectivity index (χ2v) is 2.86. The third kappa shape index (κ3) is 1.96. The number of carbonyl (C=O) groups excluding carboxylic acids is 2. The fourth-order valence-electron chi connectivity index (χ4n) is 1.31. The second kappa shape index (κ2) is 4.09. The zero-order chi connectivity index (χ0) is 8.97. The summed E-state index contributed by atoms with van der Waals surface area (Å²) in [5.41, 5.74) is 0. The summed E-state index contributed by atoms with van der Waals surface area (Å²) in [7, 11) is 1.31. The molecule has 0 aromatic rings. The first-order valence-electron chi connectivity index (χ1n) is 4.11. The standard InChI is InChI=1S/C8H13NO3/c1-12-8(11)6-4-2-3-5-9-7(6)10/h6H,2-5H2,1H3,(H,9,10). The molecule has 0 radical (unpaired) electrons. The smallest absolute Gasteiger partial charge is 0.318 e. The van der Waals surface area contributed by atoms with Crippen molar-refractivity contribution in [3.63, 3.8) is 0 Å². The largest absolute Gasteiger partial charge is 0.468 e. The average Bonchev–Trinajstić information content (AvgIpc) is 2.28. The van der Waals surface area contributed by atoms with Gasteiger partial charge in [-0.3, -0.25) is 9.59 Å². The van der Waals surface area contributed by atoms with Crippen LogP contribution in [0.3, 0.4) is 0 Å². The van der Waals surface area contributed by atoms with E-state index in [1.807, 2.05) is 0 Å². The number of nitrogens with one attached hydrogen (secondary N) is 1. The van der Waals surface area contributed by atoms with Crippen LogP contribution in [0.4, 0.5) is 0 Å². The second-order valence-electron chi connectivity index (χ2n) is 2.86. The monoisotopic (exact) mass is 171 g/mol. The molecular weight excluding hydrogens is 158 g/mol. The van der Waals surface area contributed by atoms with Gasteiger partial charge < -0.3 is 10.1 Å². The van der Waals surface area contributed by atoms with Crippen LogP contribution in [-0.4, -0.2) is 25.5 Å². The van der Waals surface area contributed by atoms with E-state index in [0.717, 1.165) is 12.8 Å². The summed E-state index contributed by atoms with van der Waals surface area (Å²) >= 11 is 0. The number of carbonyl (C=O) groups is 2. The Labute approximate surface area is 71.3 Å². The minimum Gasteiger partial charge on any atom is -0.468 e. The summed E-state index contributed by atoms with van der Waals surface area (Å²) in [6, 6.07) is 0. The lowest BCUT2D eigenvalue weighted by Gasteiger charge is -2.09. The molecule has 0 aromatic heterocycles. The Morgan fingerprint density at radius 1 is 1.58 bits per heavy atom. The Kier molecular flexibility index (Phi) is 3.08. The Morgan fingerprint density at radius 2 is 2.33 bits per heavy atom. The Hall–Kier alpha value is -1.06. The van der Waals surface area contributed by atoms with Crippen molar-refractivity contribution in [2.75, 3.05) is 13.7 Å². The van der Waals surface area contributed by atoms with Gasteiger partial charge in [0.05, 0.1) is 7.11 Å². The predicted molar refractivity (Wildman–Crippen MR) is 42.4 cm³/mol. The van der Waals surface area contributed by atoms with E-state index in [2.05, 4.69) is 10.1 Å². The van der Waals surface area contributed by atoms with Gasteiger partial charge in [-0.15, -0.1) is 0 Å². The van der Waals surface area contributed by atoms with Crippen LogP contribution in [-0.2, 0) is 14.3 Å². The van der Waals surface area contributed by atoms with Gasteiger partial charge in [-0.1, -0.05) is 6.42 Å². The van der Waals surface area contributed by atoms with E-state index in [0.29, 0.717) is 13.0 Å². The molecule has 1 heterocycles. The van der Waals surface area contributed by atoms with Gasteiger partial charge in [-0.2, -0.15) is 0 Å². The van der Waals surface area contributed by atoms with Crippen LogP contribution in [0.1, 0.15) is 19.3 Å². The van der Waals surface area contributed by atoms with Crippen LogP contribution in [0.25, 0.3) is 0 Å². The van der Waals surface area contributed by atoms with Crippen molar-refractivity contribution in [1.82, 2.24) is 5.32 Å². The SMILES string of the molecule is COC(=O)C1CCCCNC1=O. The first kappa shape index (κ1) is 9.03. The molecule has 68 valence electrons. The Morgan fingerprint density at radius 3 is 3.00 bits per heavy atom. The van der Waals surface area contributed by atoms with E-state index in [-0.39, 0.29) is 5.91 Å². The molecule has 1 amide bonds. The summed E-state index contributed by atoms with van der Waals surface area (Å²) < 4.78 is 4.52. The molecule has 0 bridgehead atoms. The number of hydrogen-bond acceptors (Lipinski definition) is 3. The van der Waals surface area contributed by atoms with Crippen molar-refractivity contribution in [3.05, 3.63) is 0 Å². The highest BCUT2D eigenvalue weighted by Gasteiger charge is 2.28. The molecule has 1 fully saturated rings. The summed E-state index contributed by atoms with van der Waals surface area (Å²) in [6.45, 7) is 0.673. The lowest BCUT2D eigenvalue weighted by atomic mass is 10.0. The van der Waals surface area contributed by atoms with Gasteiger partial charge in [-0.05, 0) is 12.8 Å². The average molecular weight is 171 g/mol. The van der Waals surface area contributed by atoms with Crippen LogP contribution in [0.5, 0.6) is 0 Å². The van der Waals surface area contributed by atoms with Gasteiger partial charge in [0, 0.05) is 6.54 Å². The molecular formula is C8H13NO3. The fraction of sp³-hybridized carbons (Fsp3) is 0.750. The Bertz CT molecular complexity index is 191. The summed E-state index contributed by atoms with van der Waals surface area (Å²) in [5.74, 6) is -1.20. The molecule has 0 saturated carbocycles. The molecule has 0 aliphatic carbocycles. The van der Waals surface area contributed by atoms with Crippen molar-refractivity contribution in [2.45, 2.75) is 19.3 Å². The number of rotatable bonds is 1. The van der Waals surface area contributed by atoms with Crippen LogP contribution in [0.15, 0.2) is 0 Å². The van der Waals surface area contributed by atoms with Gasteiger partial charge in [0.1, 0.15) is 5.92 Å². The highest BCUT2D eigenvalue weighted by Crippen LogP contribution is 2.13. The number of amides is 1. The lowest BCUT2D eigenvalue weighted by Crippen LogP contribution is -2.34. The van der Waals surface area contributed by atoms with Crippen molar-refractivity contribution >= 4 is 11.9 Å². The highest BCUT2D eigenvalue weighted by molar-refractivity contribution is 5.97. The lowest BCUT2D eigenvalue weighted by molar-refractivity contribution is -0.150. The molecule has 1 atom stereocenters. The molecule has 12 heavy (non-hydrogen) atoms. The van der Waals surface area contributed by atoms with Crippen LogP contribution >= 0.6 is 0 Å². The molecule has 1 aliphatic heterocycles. The molecule has 1 rings (SSSR count). The van der Waals surface area contributed by atoms with Crippen LogP contribution in [0, 0.1) is 5.92 Å². The van der Waals surface area contributed by atoms with E-state index in [1.54, 1.807) is 0 Å². The first-order valence-corrected chi connectivity index (χ1v) is 4.11. The van der Waals surface area contributed by atoms with Gasteiger partial charge in [0.25, 0.3) is 0 Å². The highest BCUT2D eigenvalue weighted by atomic mass is 16.5. The van der Waals surface area contributed by atoms with Crippen molar-refractivity contribution < 1.29 is 14.3 Å². The molecule has 1 unspecified atom stereocenters. The van der Waals surface area contributed by atoms with E-state index >= 15 is 0 Å². The molecule has 4 heteroatoms. The van der Waals surface area contributed by atoms with E-state index in [9.17, 15) is 9.59 Å². The van der Waals surface area contributed by atoms with Gasteiger partial charge >= 0.3 is 5.97 Å². The number of hydrogen-bond donors (Lipinski definition) is 1. The maximum Gasteiger partial charge on any atom is 0.318 e. The first-order chi connectivity index (χ1) is 5.75. The van der Waals surface area contributed by atoms with E-state index in [1.165, 1.54) is 7.11 Å². The van der Waals surface area contributed by atoms with Crippen molar-refractivity contribution in [3.8, 4) is 0 Å². The molecule has 1 saturated heterocycles. The van der Waals surface area contributed by atoms with Crippen LogP contribution in [0.2, 0.25) is 0 Å². The van der Waals surface area contributed by atoms with Crippen molar-refractivity contribution in [2.24, 2.45) is 5.92 Å². The minimum atomic E-state index is -0.586. The summed E-state index contributed by atoms with van der Waals surface area (Å²) in [6.07, 6.45) is 2.45. The molecule has 0 aromatic carbocycles. The molecule has 0 spiro atoms. The van der Waals surface area contributed by atoms with Gasteiger partial charge in [-0.25, -0.2) is 0 Å². The molecule has 1 N–H and O–H groups in total.